The topological polar surface area (TPSA) is 32.5 Å². The molecule has 2 aromatic rings. The van der Waals surface area contributed by atoms with Crippen LogP contribution in [0.2, 0.25) is 0 Å². The summed E-state index contributed by atoms with van der Waals surface area (Å²) in [5, 5.41) is 0. The fourth-order valence-electron chi connectivity index (χ4n) is 3.61. The SMILES string of the molecule is NCCCCN1CCN(C(c2ccccc2)c2ccccc2)CC1. The summed E-state index contributed by atoms with van der Waals surface area (Å²) < 4.78 is 0. The molecule has 1 aliphatic heterocycles. The minimum Gasteiger partial charge on any atom is -0.330 e. The van der Waals surface area contributed by atoms with Gasteiger partial charge in [0.15, 0.2) is 0 Å². The number of unbranched alkanes of at least 4 members (excludes halogenated alkanes) is 1. The average Bonchev–Trinajstić information content (AvgIpc) is 2.65. The third-order valence-electron chi connectivity index (χ3n) is 4.93. The first-order valence-electron chi connectivity index (χ1n) is 9.15. The number of hydrogen-bond donors (Lipinski definition) is 1. The van der Waals surface area contributed by atoms with Crippen molar-refractivity contribution in [1.82, 2.24) is 9.80 Å². The molecule has 128 valence electrons. The van der Waals surface area contributed by atoms with E-state index in [9.17, 15) is 0 Å². The van der Waals surface area contributed by atoms with E-state index in [1.54, 1.807) is 0 Å². The van der Waals surface area contributed by atoms with E-state index in [0.717, 1.165) is 39.1 Å². The summed E-state index contributed by atoms with van der Waals surface area (Å²) in [6.07, 6.45) is 2.36. The predicted molar refractivity (Wildman–Crippen MR) is 101 cm³/mol. The first kappa shape index (κ1) is 17.2. The molecule has 0 unspecified atom stereocenters. The molecule has 0 saturated carbocycles. The van der Waals surface area contributed by atoms with Gasteiger partial charge in [-0.15, -0.1) is 0 Å². The summed E-state index contributed by atoms with van der Waals surface area (Å²) in [6.45, 7) is 6.55. The number of benzene rings is 2. The van der Waals surface area contributed by atoms with Crippen LogP contribution in [0.4, 0.5) is 0 Å². The maximum Gasteiger partial charge on any atom is 0.0602 e. The van der Waals surface area contributed by atoms with Crippen molar-refractivity contribution < 1.29 is 0 Å². The zero-order chi connectivity index (χ0) is 16.6. The molecule has 1 fully saturated rings. The zero-order valence-corrected chi connectivity index (χ0v) is 14.5. The van der Waals surface area contributed by atoms with Gasteiger partial charge in [0.2, 0.25) is 0 Å². The Bertz CT molecular complexity index is 537. The minimum atomic E-state index is 0.360. The average molecular weight is 323 g/mol. The molecule has 1 aliphatic rings. The lowest BCUT2D eigenvalue weighted by atomic mass is 9.96. The third kappa shape index (κ3) is 4.44. The van der Waals surface area contributed by atoms with Crippen LogP contribution >= 0.6 is 0 Å². The van der Waals surface area contributed by atoms with Crippen LogP contribution in [-0.4, -0.2) is 49.1 Å². The van der Waals surface area contributed by atoms with E-state index >= 15 is 0 Å². The third-order valence-corrected chi connectivity index (χ3v) is 4.93. The molecular formula is C21H29N3. The smallest absolute Gasteiger partial charge is 0.0602 e. The number of hydrogen-bond acceptors (Lipinski definition) is 3. The van der Waals surface area contributed by atoms with E-state index in [-0.39, 0.29) is 0 Å². The highest BCUT2D eigenvalue weighted by molar-refractivity contribution is 5.31. The summed E-state index contributed by atoms with van der Waals surface area (Å²) >= 11 is 0. The van der Waals surface area contributed by atoms with Crippen molar-refractivity contribution in [2.24, 2.45) is 5.73 Å². The van der Waals surface area contributed by atoms with E-state index < -0.39 is 0 Å². The minimum absolute atomic E-state index is 0.360. The van der Waals surface area contributed by atoms with Crippen LogP contribution in [-0.2, 0) is 0 Å². The van der Waals surface area contributed by atoms with Crippen molar-refractivity contribution in [3.63, 3.8) is 0 Å². The van der Waals surface area contributed by atoms with Gasteiger partial charge in [0.1, 0.15) is 0 Å². The van der Waals surface area contributed by atoms with Crippen molar-refractivity contribution in [3.05, 3.63) is 71.8 Å². The largest absolute Gasteiger partial charge is 0.330 e. The lowest BCUT2D eigenvalue weighted by Crippen LogP contribution is -2.48. The Hall–Kier alpha value is -1.68. The Morgan fingerprint density at radius 3 is 1.79 bits per heavy atom. The number of nitrogens with zero attached hydrogens (tertiary/aromatic N) is 2. The van der Waals surface area contributed by atoms with Gasteiger partial charge in [0.05, 0.1) is 6.04 Å². The van der Waals surface area contributed by atoms with Gasteiger partial charge in [0.25, 0.3) is 0 Å². The highest BCUT2D eigenvalue weighted by Crippen LogP contribution is 2.29. The molecular weight excluding hydrogens is 294 g/mol. The Balaban J connectivity index is 1.69. The maximum absolute atomic E-state index is 5.61. The van der Waals surface area contributed by atoms with Crippen LogP contribution in [0.1, 0.15) is 30.0 Å². The van der Waals surface area contributed by atoms with Crippen LogP contribution in [0.5, 0.6) is 0 Å². The van der Waals surface area contributed by atoms with Crippen LogP contribution in [0.25, 0.3) is 0 Å². The summed E-state index contributed by atoms with van der Waals surface area (Å²) in [7, 11) is 0. The monoisotopic (exact) mass is 323 g/mol. The molecule has 1 saturated heterocycles. The summed E-state index contributed by atoms with van der Waals surface area (Å²) in [5.41, 5.74) is 8.39. The van der Waals surface area contributed by atoms with E-state index in [0.29, 0.717) is 6.04 Å². The van der Waals surface area contributed by atoms with Crippen molar-refractivity contribution >= 4 is 0 Å². The molecule has 3 rings (SSSR count). The Morgan fingerprint density at radius 2 is 1.29 bits per heavy atom. The first-order chi connectivity index (χ1) is 11.9. The van der Waals surface area contributed by atoms with E-state index in [2.05, 4.69) is 70.5 Å². The Labute approximate surface area is 146 Å². The molecule has 0 amide bonds. The Morgan fingerprint density at radius 1 is 0.750 bits per heavy atom. The van der Waals surface area contributed by atoms with Crippen molar-refractivity contribution in [2.75, 3.05) is 39.3 Å². The number of rotatable bonds is 7. The molecule has 0 aromatic heterocycles. The molecule has 2 aromatic carbocycles. The van der Waals surface area contributed by atoms with Crippen molar-refractivity contribution in [2.45, 2.75) is 18.9 Å². The van der Waals surface area contributed by atoms with E-state index in [4.69, 9.17) is 5.73 Å². The molecule has 2 N–H and O–H groups in total. The van der Waals surface area contributed by atoms with Crippen LogP contribution in [0.15, 0.2) is 60.7 Å². The van der Waals surface area contributed by atoms with Gasteiger partial charge < -0.3 is 10.6 Å². The molecule has 0 radical (unpaired) electrons. The molecule has 1 heterocycles. The highest BCUT2D eigenvalue weighted by Gasteiger charge is 2.25. The second-order valence-corrected chi connectivity index (χ2v) is 6.60. The van der Waals surface area contributed by atoms with E-state index in [1.165, 1.54) is 24.1 Å². The standard InChI is InChI=1S/C21H29N3/c22-13-7-8-14-23-15-17-24(18-16-23)21(19-9-3-1-4-10-19)20-11-5-2-6-12-20/h1-6,9-12,21H,7-8,13-18,22H2. The maximum atomic E-state index is 5.61. The van der Waals surface area contributed by atoms with Gasteiger partial charge in [-0.1, -0.05) is 60.7 Å². The van der Waals surface area contributed by atoms with Gasteiger partial charge >= 0.3 is 0 Å². The van der Waals surface area contributed by atoms with Crippen LogP contribution < -0.4 is 5.73 Å². The van der Waals surface area contributed by atoms with Gasteiger partial charge in [0, 0.05) is 26.2 Å². The second-order valence-electron chi connectivity index (χ2n) is 6.60. The fourth-order valence-corrected chi connectivity index (χ4v) is 3.61. The number of piperazine rings is 1. The van der Waals surface area contributed by atoms with Gasteiger partial charge in [-0.05, 0) is 37.1 Å². The lowest BCUT2D eigenvalue weighted by molar-refractivity contribution is 0.108. The first-order valence-corrected chi connectivity index (χ1v) is 9.15. The quantitative estimate of drug-likeness (QED) is 0.795. The molecule has 24 heavy (non-hydrogen) atoms. The second kappa shape index (κ2) is 8.97. The van der Waals surface area contributed by atoms with Crippen molar-refractivity contribution in [1.29, 1.82) is 0 Å². The Kier molecular flexibility index (Phi) is 6.41. The summed E-state index contributed by atoms with van der Waals surface area (Å²) in [4.78, 5) is 5.21. The molecule has 0 spiro atoms. The van der Waals surface area contributed by atoms with Crippen LogP contribution in [0, 0.1) is 0 Å². The van der Waals surface area contributed by atoms with Gasteiger partial charge in [-0.25, -0.2) is 0 Å². The zero-order valence-electron chi connectivity index (χ0n) is 14.5. The molecule has 3 heteroatoms. The predicted octanol–water partition coefficient (Wildman–Crippen LogP) is 3.13. The number of nitrogens with two attached hydrogens (primary N) is 1. The highest BCUT2D eigenvalue weighted by atomic mass is 15.3. The lowest BCUT2D eigenvalue weighted by Gasteiger charge is -2.39. The summed E-state index contributed by atoms with van der Waals surface area (Å²) in [6, 6.07) is 22.2. The molecule has 0 aliphatic carbocycles. The van der Waals surface area contributed by atoms with Crippen LogP contribution in [0.3, 0.4) is 0 Å². The summed E-state index contributed by atoms with van der Waals surface area (Å²) in [5.74, 6) is 0. The van der Waals surface area contributed by atoms with Gasteiger partial charge in [-0.2, -0.15) is 0 Å². The fraction of sp³-hybridized carbons (Fsp3) is 0.429. The molecule has 0 atom stereocenters. The van der Waals surface area contributed by atoms with Gasteiger partial charge in [-0.3, -0.25) is 4.90 Å². The molecule has 0 bridgehead atoms. The van der Waals surface area contributed by atoms with Crippen molar-refractivity contribution in [3.8, 4) is 0 Å². The van der Waals surface area contributed by atoms with E-state index in [1.807, 2.05) is 0 Å². The normalized spacial score (nSPS) is 16.6. The molecule has 3 nitrogen and oxygen atoms in total.